The lowest BCUT2D eigenvalue weighted by molar-refractivity contribution is -0.384. The minimum absolute atomic E-state index is 0.0921. The van der Waals surface area contributed by atoms with E-state index in [2.05, 4.69) is 15.9 Å². The Kier molecular flexibility index (Phi) is 5.35. The molecular weight excluding hydrogens is 422 g/mol. The number of hydrogen-bond donors (Lipinski definition) is 0. The molecule has 26 heavy (non-hydrogen) atoms. The quantitative estimate of drug-likeness (QED) is 0.209. The molecule has 2 aromatic carbocycles. The number of halogens is 2. The number of furan rings is 1. The molecule has 0 unspecified atom stereocenters. The van der Waals surface area contributed by atoms with Gasteiger partial charge in [0, 0.05) is 27.7 Å². The van der Waals surface area contributed by atoms with Gasteiger partial charge in [-0.25, -0.2) is 0 Å². The number of carbonyl (C=O) groups excluding carboxylic acids is 1. The van der Waals surface area contributed by atoms with E-state index in [0.717, 1.165) is 4.47 Å². The van der Waals surface area contributed by atoms with Crippen LogP contribution in [0.5, 0.6) is 0 Å². The molecule has 0 saturated heterocycles. The highest BCUT2D eigenvalue weighted by Gasteiger charge is 2.13. The Morgan fingerprint density at radius 3 is 2.50 bits per heavy atom. The smallest absolute Gasteiger partial charge is 0.270 e. The van der Waals surface area contributed by atoms with Crippen molar-refractivity contribution in [3.05, 3.63) is 91.6 Å². The Hall–Kier alpha value is -2.70. The highest BCUT2D eigenvalue weighted by Crippen LogP contribution is 2.32. The summed E-state index contributed by atoms with van der Waals surface area (Å²) in [6.07, 6.45) is 2.98. The first-order chi connectivity index (χ1) is 12.4. The van der Waals surface area contributed by atoms with E-state index < -0.39 is 4.92 Å². The van der Waals surface area contributed by atoms with Crippen LogP contribution in [0.3, 0.4) is 0 Å². The molecule has 0 bridgehead atoms. The zero-order valence-electron chi connectivity index (χ0n) is 13.2. The molecule has 0 atom stereocenters. The molecule has 0 fully saturated rings. The van der Waals surface area contributed by atoms with Crippen LogP contribution in [-0.2, 0) is 0 Å². The Morgan fingerprint density at radius 1 is 1.12 bits per heavy atom. The van der Waals surface area contributed by atoms with E-state index in [9.17, 15) is 14.9 Å². The molecule has 3 rings (SSSR count). The number of hydrogen-bond acceptors (Lipinski definition) is 4. The molecule has 5 nitrogen and oxygen atoms in total. The van der Waals surface area contributed by atoms with Gasteiger partial charge in [0.25, 0.3) is 5.69 Å². The van der Waals surface area contributed by atoms with Gasteiger partial charge in [-0.3, -0.25) is 14.9 Å². The summed E-state index contributed by atoms with van der Waals surface area (Å²) in [5.74, 6) is 0.782. The van der Waals surface area contributed by atoms with Crippen molar-refractivity contribution >= 4 is 45.1 Å². The van der Waals surface area contributed by atoms with Crippen LogP contribution in [0.2, 0.25) is 5.02 Å². The highest BCUT2D eigenvalue weighted by molar-refractivity contribution is 9.10. The van der Waals surface area contributed by atoms with Crippen LogP contribution in [0.4, 0.5) is 5.69 Å². The van der Waals surface area contributed by atoms with Gasteiger partial charge in [-0.2, -0.15) is 0 Å². The number of non-ortho nitro benzene ring substituents is 1. The molecule has 1 aromatic heterocycles. The monoisotopic (exact) mass is 431 g/mol. The lowest BCUT2D eigenvalue weighted by atomic mass is 10.1. The Morgan fingerprint density at radius 2 is 1.85 bits per heavy atom. The van der Waals surface area contributed by atoms with Crippen molar-refractivity contribution in [1.29, 1.82) is 0 Å². The van der Waals surface area contributed by atoms with E-state index >= 15 is 0 Å². The summed E-state index contributed by atoms with van der Waals surface area (Å²) >= 11 is 9.42. The molecule has 0 aliphatic heterocycles. The second-order valence-corrected chi connectivity index (χ2v) is 6.65. The Labute approximate surface area is 162 Å². The number of nitro benzene ring substituents is 1. The van der Waals surface area contributed by atoms with Gasteiger partial charge in [-0.1, -0.05) is 27.5 Å². The maximum Gasteiger partial charge on any atom is 0.270 e. The summed E-state index contributed by atoms with van der Waals surface area (Å²) < 4.78 is 6.55. The zero-order chi connectivity index (χ0) is 18.7. The lowest BCUT2D eigenvalue weighted by Gasteiger charge is -2.00. The molecule has 0 N–H and O–H groups in total. The van der Waals surface area contributed by atoms with Gasteiger partial charge < -0.3 is 4.42 Å². The summed E-state index contributed by atoms with van der Waals surface area (Å²) in [6.45, 7) is 0. The predicted octanol–water partition coefficient (Wildman–Crippen LogP) is 6.17. The normalized spacial score (nSPS) is 11.0. The predicted molar refractivity (Wildman–Crippen MR) is 103 cm³/mol. The van der Waals surface area contributed by atoms with Crippen LogP contribution in [0, 0.1) is 10.1 Å². The number of carbonyl (C=O) groups is 1. The summed E-state index contributed by atoms with van der Waals surface area (Å²) in [4.78, 5) is 22.4. The second kappa shape index (κ2) is 7.68. The average Bonchev–Trinajstić information content (AvgIpc) is 3.08. The van der Waals surface area contributed by atoms with Crippen molar-refractivity contribution < 1.29 is 14.1 Å². The van der Waals surface area contributed by atoms with E-state index in [1.165, 1.54) is 24.3 Å². The largest absolute Gasteiger partial charge is 0.457 e. The Balaban J connectivity index is 1.78. The fourth-order valence-corrected chi connectivity index (χ4v) is 2.81. The first kappa shape index (κ1) is 18.1. The number of nitrogens with zero attached hydrogens (tertiary/aromatic N) is 1. The number of rotatable bonds is 5. The van der Waals surface area contributed by atoms with E-state index in [-0.39, 0.29) is 16.5 Å². The fraction of sp³-hybridized carbons (Fsp3) is 0. The Bertz CT molecular complexity index is 1010. The first-order valence-corrected chi connectivity index (χ1v) is 8.63. The second-order valence-electron chi connectivity index (χ2n) is 5.33. The first-order valence-electron chi connectivity index (χ1n) is 7.46. The van der Waals surface area contributed by atoms with E-state index in [4.69, 9.17) is 16.0 Å². The number of ketones is 1. The van der Waals surface area contributed by atoms with Gasteiger partial charge in [0.05, 0.1) is 9.95 Å². The van der Waals surface area contributed by atoms with Crippen molar-refractivity contribution in [1.82, 2.24) is 0 Å². The molecule has 0 aliphatic rings. The van der Waals surface area contributed by atoms with E-state index in [1.54, 1.807) is 42.5 Å². The summed E-state index contributed by atoms with van der Waals surface area (Å²) in [6, 6.07) is 14.6. The molecular formula is C19H11BrClNO4. The zero-order valence-corrected chi connectivity index (χ0v) is 15.5. The molecule has 0 aliphatic carbocycles. The van der Waals surface area contributed by atoms with Crippen molar-refractivity contribution in [2.75, 3.05) is 0 Å². The number of allylic oxidation sites excluding steroid dienone is 1. The minimum atomic E-state index is -0.514. The third-order valence-electron chi connectivity index (χ3n) is 3.58. The highest BCUT2D eigenvalue weighted by atomic mass is 79.9. The van der Waals surface area contributed by atoms with Crippen molar-refractivity contribution in [2.24, 2.45) is 0 Å². The number of nitro groups is 1. The molecule has 3 aromatic rings. The van der Waals surface area contributed by atoms with E-state index in [1.807, 2.05) is 0 Å². The van der Waals surface area contributed by atoms with Crippen LogP contribution >= 0.6 is 27.5 Å². The molecule has 7 heteroatoms. The third kappa shape index (κ3) is 4.09. The van der Waals surface area contributed by atoms with Crippen LogP contribution < -0.4 is 0 Å². The summed E-state index contributed by atoms with van der Waals surface area (Å²) in [5.41, 5.74) is 1.01. The molecule has 130 valence electrons. The van der Waals surface area contributed by atoms with Gasteiger partial charge in [0.1, 0.15) is 11.5 Å². The van der Waals surface area contributed by atoms with Gasteiger partial charge in [0.15, 0.2) is 5.78 Å². The van der Waals surface area contributed by atoms with Crippen LogP contribution in [-0.4, -0.2) is 10.7 Å². The maximum absolute atomic E-state index is 12.1. The molecule has 1 heterocycles. The maximum atomic E-state index is 12.1. The van der Waals surface area contributed by atoms with Crippen LogP contribution in [0.25, 0.3) is 17.4 Å². The van der Waals surface area contributed by atoms with Crippen LogP contribution in [0.15, 0.2) is 69.6 Å². The molecule has 0 saturated carbocycles. The van der Waals surface area contributed by atoms with Gasteiger partial charge >= 0.3 is 0 Å². The van der Waals surface area contributed by atoms with Gasteiger partial charge in [0.2, 0.25) is 0 Å². The minimum Gasteiger partial charge on any atom is -0.457 e. The average molecular weight is 433 g/mol. The molecule has 0 radical (unpaired) electrons. The van der Waals surface area contributed by atoms with Crippen LogP contribution in [0.1, 0.15) is 16.1 Å². The molecule has 0 spiro atoms. The number of benzene rings is 2. The topological polar surface area (TPSA) is 73.3 Å². The van der Waals surface area contributed by atoms with E-state index in [0.29, 0.717) is 22.6 Å². The standard InChI is InChI=1S/C19H11BrClNO4/c20-13-3-1-12(2-4-13)18(23)9-6-15-7-10-19(26-15)16-8-5-14(22(24)25)11-17(16)21/h1-11H/b9-6+. The fourth-order valence-electron chi connectivity index (χ4n) is 2.27. The summed E-state index contributed by atoms with van der Waals surface area (Å²) in [7, 11) is 0. The van der Waals surface area contributed by atoms with Gasteiger partial charge in [-0.15, -0.1) is 0 Å². The molecule has 0 amide bonds. The SMILES string of the molecule is O=C(/C=C/c1ccc(-c2ccc([N+](=O)[O-])cc2Cl)o1)c1ccc(Br)cc1. The van der Waals surface area contributed by atoms with Crippen molar-refractivity contribution in [2.45, 2.75) is 0 Å². The lowest BCUT2D eigenvalue weighted by Crippen LogP contribution is -1.92. The van der Waals surface area contributed by atoms with Gasteiger partial charge in [-0.05, 0) is 54.6 Å². The third-order valence-corrected chi connectivity index (χ3v) is 4.42. The van der Waals surface area contributed by atoms with Crippen molar-refractivity contribution in [3.8, 4) is 11.3 Å². The summed E-state index contributed by atoms with van der Waals surface area (Å²) in [5, 5.41) is 11.0. The van der Waals surface area contributed by atoms with Crippen molar-refractivity contribution in [3.63, 3.8) is 0 Å².